The van der Waals surface area contributed by atoms with Crippen molar-refractivity contribution in [2.24, 2.45) is 5.73 Å². The summed E-state index contributed by atoms with van der Waals surface area (Å²) in [5.41, 5.74) is 7.62. The lowest BCUT2D eigenvalue weighted by molar-refractivity contribution is -0.117. The number of nitrogens with two attached hydrogens (primary N) is 1. The molecule has 2 aromatic carbocycles. The van der Waals surface area contributed by atoms with E-state index in [1.807, 2.05) is 30.3 Å². The van der Waals surface area contributed by atoms with Crippen LogP contribution in [-0.2, 0) is 4.79 Å². The second-order valence-electron chi connectivity index (χ2n) is 4.65. The van der Waals surface area contributed by atoms with Gasteiger partial charge >= 0.3 is 0 Å². The van der Waals surface area contributed by atoms with Crippen molar-refractivity contribution in [2.45, 2.75) is 12.8 Å². The standard InChI is InChI=1S/C16H17FN2O/c1-11-9-13(7-8-15(11)17)19-16(20)14(10-18)12-5-3-2-4-6-12/h2-9,14H,10,18H2,1H3,(H,19,20). The molecule has 0 aliphatic rings. The van der Waals surface area contributed by atoms with Crippen molar-refractivity contribution in [1.29, 1.82) is 0 Å². The highest BCUT2D eigenvalue weighted by molar-refractivity contribution is 5.96. The van der Waals surface area contributed by atoms with Crippen LogP contribution >= 0.6 is 0 Å². The SMILES string of the molecule is Cc1cc(NC(=O)C(CN)c2ccccc2)ccc1F. The number of benzene rings is 2. The van der Waals surface area contributed by atoms with Crippen molar-refractivity contribution >= 4 is 11.6 Å². The van der Waals surface area contributed by atoms with Crippen molar-refractivity contribution in [3.05, 3.63) is 65.5 Å². The molecule has 1 unspecified atom stereocenters. The van der Waals surface area contributed by atoms with E-state index in [9.17, 15) is 9.18 Å². The van der Waals surface area contributed by atoms with E-state index in [1.54, 1.807) is 19.1 Å². The third-order valence-corrected chi connectivity index (χ3v) is 3.18. The Labute approximate surface area is 117 Å². The molecule has 1 atom stereocenters. The number of rotatable bonds is 4. The molecule has 2 rings (SSSR count). The lowest BCUT2D eigenvalue weighted by Gasteiger charge is -2.15. The average Bonchev–Trinajstić information content (AvgIpc) is 2.45. The summed E-state index contributed by atoms with van der Waals surface area (Å²) in [5, 5.41) is 2.77. The number of nitrogens with one attached hydrogen (secondary N) is 1. The predicted molar refractivity (Wildman–Crippen MR) is 78.0 cm³/mol. The van der Waals surface area contributed by atoms with Crippen molar-refractivity contribution in [3.63, 3.8) is 0 Å². The number of hydrogen-bond donors (Lipinski definition) is 2. The minimum Gasteiger partial charge on any atom is -0.329 e. The maximum absolute atomic E-state index is 13.2. The van der Waals surface area contributed by atoms with Gasteiger partial charge in [0.1, 0.15) is 5.82 Å². The quantitative estimate of drug-likeness (QED) is 0.899. The van der Waals surface area contributed by atoms with Crippen molar-refractivity contribution < 1.29 is 9.18 Å². The van der Waals surface area contributed by atoms with E-state index in [2.05, 4.69) is 5.32 Å². The van der Waals surface area contributed by atoms with Gasteiger partial charge in [-0.05, 0) is 36.2 Å². The van der Waals surface area contributed by atoms with E-state index in [0.29, 0.717) is 11.3 Å². The van der Waals surface area contributed by atoms with Gasteiger partial charge in [0.05, 0.1) is 5.92 Å². The fraction of sp³-hybridized carbons (Fsp3) is 0.188. The highest BCUT2D eigenvalue weighted by Crippen LogP contribution is 2.19. The second kappa shape index (κ2) is 6.30. The van der Waals surface area contributed by atoms with Crippen LogP contribution in [0.4, 0.5) is 10.1 Å². The van der Waals surface area contributed by atoms with Gasteiger partial charge in [0.25, 0.3) is 0 Å². The molecular weight excluding hydrogens is 255 g/mol. The molecule has 0 saturated carbocycles. The molecule has 1 amide bonds. The maximum atomic E-state index is 13.2. The van der Waals surface area contributed by atoms with Gasteiger partial charge in [-0.25, -0.2) is 4.39 Å². The number of hydrogen-bond acceptors (Lipinski definition) is 2. The molecular formula is C16H17FN2O. The van der Waals surface area contributed by atoms with E-state index in [4.69, 9.17) is 5.73 Å². The summed E-state index contributed by atoms with van der Waals surface area (Å²) in [6.45, 7) is 1.87. The number of anilines is 1. The van der Waals surface area contributed by atoms with Gasteiger partial charge in [-0.15, -0.1) is 0 Å². The van der Waals surface area contributed by atoms with E-state index >= 15 is 0 Å². The lowest BCUT2D eigenvalue weighted by Crippen LogP contribution is -2.27. The Morgan fingerprint density at radius 3 is 2.55 bits per heavy atom. The van der Waals surface area contributed by atoms with Gasteiger partial charge in [-0.3, -0.25) is 4.79 Å². The fourth-order valence-corrected chi connectivity index (χ4v) is 2.03. The molecule has 3 nitrogen and oxygen atoms in total. The van der Waals surface area contributed by atoms with Gasteiger partial charge in [0, 0.05) is 12.2 Å². The minimum atomic E-state index is -0.415. The minimum absolute atomic E-state index is 0.190. The van der Waals surface area contributed by atoms with Crippen LogP contribution in [0.1, 0.15) is 17.0 Å². The van der Waals surface area contributed by atoms with Crippen LogP contribution in [0.2, 0.25) is 0 Å². The van der Waals surface area contributed by atoms with Crippen LogP contribution in [0, 0.1) is 12.7 Å². The Hall–Kier alpha value is -2.20. The Balaban J connectivity index is 2.15. The first kappa shape index (κ1) is 14.2. The first-order valence-corrected chi connectivity index (χ1v) is 6.44. The Kier molecular flexibility index (Phi) is 4.48. The number of aryl methyl sites for hydroxylation is 1. The van der Waals surface area contributed by atoms with E-state index in [-0.39, 0.29) is 18.3 Å². The first-order chi connectivity index (χ1) is 9.61. The highest BCUT2D eigenvalue weighted by atomic mass is 19.1. The van der Waals surface area contributed by atoms with E-state index in [0.717, 1.165) is 5.56 Å². The second-order valence-corrected chi connectivity index (χ2v) is 4.65. The van der Waals surface area contributed by atoms with Gasteiger partial charge in [-0.1, -0.05) is 30.3 Å². The predicted octanol–water partition coefficient (Wildman–Crippen LogP) is 2.82. The molecule has 0 aliphatic heterocycles. The van der Waals surface area contributed by atoms with Crippen molar-refractivity contribution in [2.75, 3.05) is 11.9 Å². The van der Waals surface area contributed by atoms with Crippen LogP contribution in [0.25, 0.3) is 0 Å². The lowest BCUT2D eigenvalue weighted by atomic mass is 9.98. The molecule has 4 heteroatoms. The maximum Gasteiger partial charge on any atom is 0.233 e. The third kappa shape index (κ3) is 3.22. The molecule has 0 bridgehead atoms. The van der Waals surface area contributed by atoms with Crippen molar-refractivity contribution in [3.8, 4) is 0 Å². The monoisotopic (exact) mass is 272 g/mol. The molecule has 0 spiro atoms. The highest BCUT2D eigenvalue weighted by Gasteiger charge is 2.18. The normalized spacial score (nSPS) is 11.9. The zero-order chi connectivity index (χ0) is 14.5. The molecule has 104 valence electrons. The number of carbonyl (C=O) groups is 1. The topological polar surface area (TPSA) is 55.1 Å². The van der Waals surface area contributed by atoms with Crippen LogP contribution < -0.4 is 11.1 Å². The first-order valence-electron chi connectivity index (χ1n) is 6.44. The molecule has 0 aliphatic carbocycles. The number of halogens is 1. The summed E-state index contributed by atoms with van der Waals surface area (Å²) in [4.78, 5) is 12.3. The summed E-state index contributed by atoms with van der Waals surface area (Å²) in [5.74, 6) is -0.896. The summed E-state index contributed by atoms with van der Waals surface area (Å²) in [6, 6.07) is 13.8. The zero-order valence-electron chi connectivity index (χ0n) is 11.3. The average molecular weight is 272 g/mol. The Bertz CT molecular complexity index is 599. The molecule has 0 aromatic heterocycles. The Morgan fingerprint density at radius 2 is 1.95 bits per heavy atom. The summed E-state index contributed by atoms with van der Waals surface area (Å²) in [6.07, 6.45) is 0. The third-order valence-electron chi connectivity index (χ3n) is 3.18. The van der Waals surface area contributed by atoms with Crippen LogP contribution in [-0.4, -0.2) is 12.5 Å². The van der Waals surface area contributed by atoms with Crippen molar-refractivity contribution in [1.82, 2.24) is 0 Å². The molecule has 0 radical (unpaired) electrons. The Morgan fingerprint density at radius 1 is 1.25 bits per heavy atom. The van der Waals surface area contributed by atoms with E-state index in [1.165, 1.54) is 6.07 Å². The number of carbonyl (C=O) groups excluding carboxylic acids is 1. The fourth-order valence-electron chi connectivity index (χ4n) is 2.03. The molecule has 20 heavy (non-hydrogen) atoms. The summed E-state index contributed by atoms with van der Waals surface area (Å²) in [7, 11) is 0. The molecule has 3 N–H and O–H groups in total. The van der Waals surface area contributed by atoms with Crippen LogP contribution in [0.3, 0.4) is 0 Å². The molecule has 0 heterocycles. The van der Waals surface area contributed by atoms with Gasteiger partial charge in [0.15, 0.2) is 0 Å². The molecule has 0 saturated heterocycles. The van der Waals surface area contributed by atoms with Gasteiger partial charge in [0.2, 0.25) is 5.91 Å². The molecule has 2 aromatic rings. The van der Waals surface area contributed by atoms with Gasteiger partial charge < -0.3 is 11.1 Å². The van der Waals surface area contributed by atoms with Crippen LogP contribution in [0.15, 0.2) is 48.5 Å². The summed E-state index contributed by atoms with van der Waals surface area (Å²) >= 11 is 0. The van der Waals surface area contributed by atoms with Gasteiger partial charge in [-0.2, -0.15) is 0 Å². The largest absolute Gasteiger partial charge is 0.329 e. The molecule has 0 fully saturated rings. The smallest absolute Gasteiger partial charge is 0.233 e. The van der Waals surface area contributed by atoms with E-state index < -0.39 is 5.92 Å². The summed E-state index contributed by atoms with van der Waals surface area (Å²) < 4.78 is 13.2. The number of amides is 1. The zero-order valence-corrected chi connectivity index (χ0v) is 11.3. The van der Waals surface area contributed by atoms with Crippen LogP contribution in [0.5, 0.6) is 0 Å².